The van der Waals surface area contributed by atoms with Crippen molar-refractivity contribution < 1.29 is 4.79 Å². The van der Waals surface area contributed by atoms with E-state index in [1.165, 1.54) is 11.8 Å². The van der Waals surface area contributed by atoms with E-state index < -0.39 is 5.92 Å². The third-order valence-corrected chi connectivity index (χ3v) is 5.23. The number of anilines is 1. The van der Waals surface area contributed by atoms with Crippen molar-refractivity contribution in [1.29, 1.82) is 5.26 Å². The first kappa shape index (κ1) is 15.0. The summed E-state index contributed by atoms with van der Waals surface area (Å²) in [5.74, 6) is -1.04. The average molecular weight is 329 g/mol. The Bertz CT molecular complexity index is 767. The maximum absolute atomic E-state index is 12.4. The first-order valence-electron chi connectivity index (χ1n) is 6.82. The van der Waals surface area contributed by atoms with E-state index >= 15 is 0 Å². The molecule has 2 atom stereocenters. The Labute approximate surface area is 138 Å². The van der Waals surface area contributed by atoms with Gasteiger partial charge in [0.05, 0.1) is 17.0 Å². The van der Waals surface area contributed by atoms with Crippen molar-refractivity contribution in [2.45, 2.75) is 17.1 Å². The number of halogens is 1. The minimum absolute atomic E-state index is 0.243. The zero-order valence-corrected chi connectivity index (χ0v) is 13.4. The summed E-state index contributed by atoms with van der Waals surface area (Å²) >= 11 is 7.51. The number of carbonyl (C=O) groups is 1. The van der Waals surface area contributed by atoms with Gasteiger partial charge in [0.25, 0.3) is 0 Å². The van der Waals surface area contributed by atoms with Crippen LogP contribution in [0.15, 0.2) is 47.4 Å². The van der Waals surface area contributed by atoms with Gasteiger partial charge in [-0.1, -0.05) is 41.4 Å². The monoisotopic (exact) mass is 328 g/mol. The SMILES string of the molecule is Cc1ccc([C@@H]2Sc3ccc(Cl)cc3NC(=O)[C@@H]2C#N)cc1. The van der Waals surface area contributed by atoms with Crippen LogP contribution in [0.3, 0.4) is 0 Å². The highest BCUT2D eigenvalue weighted by atomic mass is 35.5. The Morgan fingerprint density at radius 3 is 2.64 bits per heavy atom. The van der Waals surface area contributed by atoms with Gasteiger partial charge in [0.1, 0.15) is 5.92 Å². The summed E-state index contributed by atoms with van der Waals surface area (Å²) in [6.45, 7) is 2.01. The number of nitriles is 1. The van der Waals surface area contributed by atoms with Gasteiger partial charge < -0.3 is 5.32 Å². The molecular formula is C17H13ClN2OS. The molecule has 0 spiro atoms. The molecule has 1 amide bonds. The topological polar surface area (TPSA) is 52.9 Å². The number of amides is 1. The van der Waals surface area contributed by atoms with Gasteiger partial charge in [-0.3, -0.25) is 4.79 Å². The molecule has 0 bridgehead atoms. The molecule has 0 saturated carbocycles. The molecule has 22 heavy (non-hydrogen) atoms. The maximum Gasteiger partial charge on any atom is 0.243 e. The number of hydrogen-bond donors (Lipinski definition) is 1. The third-order valence-electron chi connectivity index (χ3n) is 3.58. The van der Waals surface area contributed by atoms with E-state index in [0.29, 0.717) is 10.7 Å². The van der Waals surface area contributed by atoms with Crippen LogP contribution in [0.2, 0.25) is 5.02 Å². The number of nitrogens with one attached hydrogen (secondary N) is 1. The van der Waals surface area contributed by atoms with Crippen LogP contribution in [0.5, 0.6) is 0 Å². The summed E-state index contributed by atoms with van der Waals surface area (Å²) in [5.41, 5.74) is 2.78. The van der Waals surface area contributed by atoms with E-state index in [1.807, 2.05) is 37.3 Å². The minimum Gasteiger partial charge on any atom is -0.324 e. The van der Waals surface area contributed by atoms with Crippen molar-refractivity contribution in [3.05, 3.63) is 58.6 Å². The van der Waals surface area contributed by atoms with Crippen molar-refractivity contribution >= 4 is 35.0 Å². The lowest BCUT2D eigenvalue weighted by Crippen LogP contribution is -2.24. The van der Waals surface area contributed by atoms with E-state index in [0.717, 1.165) is 16.0 Å². The molecule has 110 valence electrons. The predicted molar refractivity (Wildman–Crippen MR) is 89.0 cm³/mol. The van der Waals surface area contributed by atoms with Gasteiger partial charge in [-0.05, 0) is 30.7 Å². The summed E-state index contributed by atoms with van der Waals surface area (Å²) in [4.78, 5) is 13.3. The molecule has 0 unspecified atom stereocenters. The second kappa shape index (κ2) is 6.04. The molecule has 3 rings (SSSR count). The zero-order chi connectivity index (χ0) is 15.7. The summed E-state index contributed by atoms with van der Waals surface area (Å²) in [6, 6.07) is 15.5. The van der Waals surface area contributed by atoms with Crippen LogP contribution in [0.4, 0.5) is 5.69 Å². The molecule has 2 aromatic rings. The van der Waals surface area contributed by atoms with Gasteiger partial charge in [-0.2, -0.15) is 5.26 Å². The highest BCUT2D eigenvalue weighted by Gasteiger charge is 2.34. The van der Waals surface area contributed by atoms with Crippen molar-refractivity contribution in [1.82, 2.24) is 0 Å². The van der Waals surface area contributed by atoms with Crippen molar-refractivity contribution in [2.24, 2.45) is 5.92 Å². The van der Waals surface area contributed by atoms with Gasteiger partial charge in [-0.25, -0.2) is 0 Å². The molecule has 0 radical (unpaired) electrons. The third kappa shape index (κ3) is 2.83. The second-order valence-corrected chi connectivity index (χ2v) is 6.81. The first-order valence-corrected chi connectivity index (χ1v) is 8.07. The Morgan fingerprint density at radius 2 is 1.95 bits per heavy atom. The van der Waals surface area contributed by atoms with Crippen LogP contribution in [-0.2, 0) is 4.79 Å². The number of rotatable bonds is 1. The summed E-state index contributed by atoms with van der Waals surface area (Å²) in [6.07, 6.45) is 0. The molecule has 1 heterocycles. The fourth-order valence-electron chi connectivity index (χ4n) is 2.40. The minimum atomic E-state index is -0.751. The van der Waals surface area contributed by atoms with Gasteiger partial charge in [0, 0.05) is 9.92 Å². The smallest absolute Gasteiger partial charge is 0.243 e. The van der Waals surface area contributed by atoms with Crippen LogP contribution in [0.1, 0.15) is 16.4 Å². The lowest BCUT2D eigenvalue weighted by Gasteiger charge is -2.18. The van der Waals surface area contributed by atoms with Gasteiger partial charge in [0.15, 0.2) is 0 Å². The number of carbonyl (C=O) groups excluding carboxylic acids is 1. The Kier molecular flexibility index (Phi) is 4.10. The van der Waals surface area contributed by atoms with E-state index in [1.54, 1.807) is 12.1 Å². The van der Waals surface area contributed by atoms with Crippen LogP contribution in [-0.4, -0.2) is 5.91 Å². The molecule has 0 fully saturated rings. The lowest BCUT2D eigenvalue weighted by molar-refractivity contribution is -0.118. The van der Waals surface area contributed by atoms with E-state index in [9.17, 15) is 10.1 Å². The fraction of sp³-hybridized carbons (Fsp3) is 0.176. The molecular weight excluding hydrogens is 316 g/mol. The molecule has 1 aliphatic heterocycles. The largest absolute Gasteiger partial charge is 0.324 e. The molecule has 3 nitrogen and oxygen atoms in total. The Morgan fingerprint density at radius 1 is 1.23 bits per heavy atom. The quantitative estimate of drug-likeness (QED) is 0.834. The lowest BCUT2D eigenvalue weighted by atomic mass is 9.98. The Hall–Kier alpha value is -1.96. The number of benzene rings is 2. The van der Waals surface area contributed by atoms with Gasteiger partial charge in [-0.15, -0.1) is 11.8 Å². The van der Waals surface area contributed by atoms with Gasteiger partial charge in [0.2, 0.25) is 5.91 Å². The number of nitrogens with zero attached hydrogens (tertiary/aromatic N) is 1. The number of thioether (sulfide) groups is 1. The molecule has 1 aliphatic rings. The van der Waals surface area contributed by atoms with Crippen LogP contribution >= 0.6 is 23.4 Å². The summed E-state index contributed by atoms with van der Waals surface area (Å²) in [7, 11) is 0. The molecule has 5 heteroatoms. The van der Waals surface area contributed by atoms with Crippen LogP contribution in [0.25, 0.3) is 0 Å². The van der Waals surface area contributed by atoms with Crippen LogP contribution < -0.4 is 5.32 Å². The van der Waals surface area contributed by atoms with E-state index in [-0.39, 0.29) is 11.2 Å². The van der Waals surface area contributed by atoms with Crippen LogP contribution in [0, 0.1) is 24.2 Å². The van der Waals surface area contributed by atoms with Gasteiger partial charge >= 0.3 is 0 Å². The van der Waals surface area contributed by atoms with Crippen molar-refractivity contribution in [3.8, 4) is 6.07 Å². The number of fused-ring (bicyclic) bond motifs is 1. The molecule has 0 saturated heterocycles. The summed E-state index contributed by atoms with van der Waals surface area (Å²) in [5, 5.41) is 12.6. The highest BCUT2D eigenvalue weighted by Crippen LogP contribution is 2.46. The highest BCUT2D eigenvalue weighted by molar-refractivity contribution is 7.99. The van der Waals surface area contributed by atoms with E-state index in [4.69, 9.17) is 11.6 Å². The zero-order valence-electron chi connectivity index (χ0n) is 11.8. The van der Waals surface area contributed by atoms with E-state index in [2.05, 4.69) is 11.4 Å². The predicted octanol–water partition coefficient (Wildman–Crippen LogP) is 4.57. The number of aryl methyl sites for hydroxylation is 1. The maximum atomic E-state index is 12.4. The molecule has 0 aromatic heterocycles. The fourth-order valence-corrected chi connectivity index (χ4v) is 3.84. The molecule has 0 aliphatic carbocycles. The summed E-state index contributed by atoms with van der Waals surface area (Å²) < 4.78 is 0. The number of hydrogen-bond acceptors (Lipinski definition) is 3. The molecule has 1 N–H and O–H groups in total. The Balaban J connectivity index is 2.07. The second-order valence-electron chi connectivity index (χ2n) is 5.19. The van der Waals surface area contributed by atoms with Crippen molar-refractivity contribution in [3.63, 3.8) is 0 Å². The standard InChI is InChI=1S/C17H13ClN2OS/c1-10-2-4-11(5-3-10)16-13(9-19)17(21)20-14-8-12(18)6-7-15(14)22-16/h2-8,13,16H,1H3,(H,20,21)/t13-,16+/m1/s1. The normalized spacial score (nSPS) is 20.5. The average Bonchev–Trinajstić information content (AvgIpc) is 2.63. The first-order chi connectivity index (χ1) is 10.6. The van der Waals surface area contributed by atoms with Crippen molar-refractivity contribution in [2.75, 3.05) is 5.32 Å². The molecule has 2 aromatic carbocycles.